The van der Waals surface area contributed by atoms with Crippen LogP contribution in [0.25, 0.3) is 0 Å². The van der Waals surface area contributed by atoms with E-state index in [2.05, 4.69) is 37.9 Å². The molecule has 1 atom stereocenters. The quantitative estimate of drug-likeness (QED) is 0.870. The third-order valence-corrected chi connectivity index (χ3v) is 5.11. The van der Waals surface area contributed by atoms with Crippen LogP contribution in [0.4, 0.5) is 0 Å². The normalized spacial score (nSPS) is 21.9. The Balaban J connectivity index is 1.37. The molecule has 1 fully saturated rings. The predicted octanol–water partition coefficient (Wildman–Crippen LogP) is 2.65. The molecule has 1 aliphatic carbocycles. The highest BCUT2D eigenvalue weighted by molar-refractivity contribution is 5.17. The minimum absolute atomic E-state index is 0.623. The summed E-state index contributed by atoms with van der Waals surface area (Å²) >= 11 is 0. The first-order chi connectivity index (χ1) is 10.9. The van der Waals surface area contributed by atoms with E-state index in [1.807, 2.05) is 12.3 Å². The van der Waals surface area contributed by atoms with Crippen LogP contribution in [0.5, 0.6) is 0 Å². The second kappa shape index (κ2) is 6.21. The molecule has 0 spiro atoms. The minimum Gasteiger partial charge on any atom is -0.330 e. The lowest BCUT2D eigenvalue weighted by molar-refractivity contribution is 0.325. The van der Waals surface area contributed by atoms with Gasteiger partial charge in [0.05, 0.1) is 12.0 Å². The Morgan fingerprint density at radius 2 is 2.09 bits per heavy atom. The van der Waals surface area contributed by atoms with Crippen molar-refractivity contribution in [2.45, 2.75) is 44.6 Å². The van der Waals surface area contributed by atoms with Gasteiger partial charge in [-0.05, 0) is 44.2 Å². The number of aromatic nitrogens is 3. The summed E-state index contributed by atoms with van der Waals surface area (Å²) in [6.45, 7) is 3.48. The number of nitrogens with zero attached hydrogens (tertiary/aromatic N) is 4. The predicted molar refractivity (Wildman–Crippen MR) is 86.9 cm³/mol. The molecule has 2 aromatic heterocycles. The van der Waals surface area contributed by atoms with Crippen molar-refractivity contribution in [2.75, 3.05) is 19.6 Å². The maximum atomic E-state index is 4.65. The summed E-state index contributed by atoms with van der Waals surface area (Å²) in [5, 5.41) is 0. The molecule has 0 bridgehead atoms. The van der Waals surface area contributed by atoms with Crippen LogP contribution in [-0.2, 0) is 19.3 Å². The second-order valence-electron chi connectivity index (χ2n) is 6.57. The van der Waals surface area contributed by atoms with Gasteiger partial charge < -0.3 is 9.47 Å². The van der Waals surface area contributed by atoms with Crippen molar-refractivity contribution < 1.29 is 0 Å². The molecule has 3 heterocycles. The first-order valence-corrected chi connectivity index (χ1v) is 8.57. The highest BCUT2D eigenvalue weighted by Crippen LogP contribution is 2.28. The van der Waals surface area contributed by atoms with E-state index in [0.717, 1.165) is 19.5 Å². The van der Waals surface area contributed by atoms with Crippen LogP contribution in [-0.4, -0.2) is 39.1 Å². The number of hydrogen-bond donors (Lipinski definition) is 0. The van der Waals surface area contributed by atoms with Crippen LogP contribution < -0.4 is 0 Å². The number of hydrogen-bond acceptors (Lipinski definition) is 3. The van der Waals surface area contributed by atoms with Crippen molar-refractivity contribution in [3.05, 3.63) is 47.8 Å². The molecule has 4 rings (SSSR count). The van der Waals surface area contributed by atoms with Crippen LogP contribution in [0.3, 0.4) is 0 Å². The smallest absolute Gasteiger partial charge is 0.0954 e. The maximum Gasteiger partial charge on any atom is 0.0954 e. The van der Waals surface area contributed by atoms with Crippen molar-refractivity contribution in [3.63, 3.8) is 0 Å². The number of aryl methyl sites for hydroxylation is 1. The SMILES string of the molecule is c1ccc(CCN2CC[C@H](n3cnc4c3CCCC4)C2)nc1. The van der Waals surface area contributed by atoms with E-state index in [0.29, 0.717) is 6.04 Å². The molecule has 0 radical (unpaired) electrons. The van der Waals surface area contributed by atoms with E-state index < -0.39 is 0 Å². The molecule has 0 aromatic carbocycles. The monoisotopic (exact) mass is 296 g/mol. The van der Waals surface area contributed by atoms with Crippen LogP contribution in [0.15, 0.2) is 30.7 Å². The third kappa shape index (κ3) is 2.80. The lowest BCUT2D eigenvalue weighted by Crippen LogP contribution is -2.25. The average Bonchev–Trinajstić information content (AvgIpc) is 3.20. The van der Waals surface area contributed by atoms with Gasteiger partial charge in [-0.25, -0.2) is 4.98 Å². The molecule has 2 aromatic rings. The van der Waals surface area contributed by atoms with Gasteiger partial charge in [-0.1, -0.05) is 6.07 Å². The number of rotatable bonds is 4. The first kappa shape index (κ1) is 13.9. The van der Waals surface area contributed by atoms with Crippen molar-refractivity contribution in [2.24, 2.45) is 0 Å². The van der Waals surface area contributed by atoms with Gasteiger partial charge in [-0.3, -0.25) is 4.98 Å². The minimum atomic E-state index is 0.623. The Morgan fingerprint density at radius 1 is 1.14 bits per heavy atom. The summed E-state index contributed by atoms with van der Waals surface area (Å²) in [6.07, 6.45) is 11.3. The first-order valence-electron chi connectivity index (χ1n) is 8.57. The van der Waals surface area contributed by atoms with E-state index in [1.54, 1.807) is 0 Å². The van der Waals surface area contributed by atoms with Crippen molar-refractivity contribution in [3.8, 4) is 0 Å². The summed E-state index contributed by atoms with van der Waals surface area (Å²) in [4.78, 5) is 11.7. The van der Waals surface area contributed by atoms with E-state index in [4.69, 9.17) is 0 Å². The largest absolute Gasteiger partial charge is 0.330 e. The van der Waals surface area contributed by atoms with Crippen LogP contribution in [0.2, 0.25) is 0 Å². The van der Waals surface area contributed by atoms with Crippen LogP contribution in [0.1, 0.15) is 42.4 Å². The molecule has 1 aliphatic heterocycles. The Labute approximate surface area is 132 Å². The number of fused-ring (bicyclic) bond motifs is 1. The molecular formula is C18H24N4. The number of pyridine rings is 1. The molecule has 1 saturated heterocycles. The third-order valence-electron chi connectivity index (χ3n) is 5.11. The lowest BCUT2D eigenvalue weighted by Gasteiger charge is -2.20. The van der Waals surface area contributed by atoms with Gasteiger partial charge in [0.25, 0.3) is 0 Å². The topological polar surface area (TPSA) is 34.0 Å². The summed E-state index contributed by atoms with van der Waals surface area (Å²) in [7, 11) is 0. The number of likely N-dealkylation sites (tertiary alicyclic amines) is 1. The summed E-state index contributed by atoms with van der Waals surface area (Å²) in [6, 6.07) is 6.81. The Hall–Kier alpha value is -1.68. The van der Waals surface area contributed by atoms with Gasteiger partial charge in [0, 0.05) is 49.7 Å². The maximum absolute atomic E-state index is 4.65. The van der Waals surface area contributed by atoms with E-state index in [1.165, 1.54) is 55.7 Å². The zero-order valence-corrected chi connectivity index (χ0v) is 13.1. The molecule has 0 N–H and O–H groups in total. The fraction of sp³-hybridized carbons (Fsp3) is 0.556. The number of imidazole rings is 1. The van der Waals surface area contributed by atoms with Gasteiger partial charge in [0.2, 0.25) is 0 Å². The Kier molecular flexibility index (Phi) is 3.94. The molecule has 2 aliphatic rings. The molecule has 4 heteroatoms. The van der Waals surface area contributed by atoms with Crippen molar-refractivity contribution >= 4 is 0 Å². The van der Waals surface area contributed by atoms with Gasteiger partial charge in [0.1, 0.15) is 0 Å². The van der Waals surface area contributed by atoms with E-state index in [-0.39, 0.29) is 0 Å². The molecule has 0 unspecified atom stereocenters. The summed E-state index contributed by atoms with van der Waals surface area (Å²) in [5.74, 6) is 0. The fourth-order valence-corrected chi connectivity index (χ4v) is 3.87. The van der Waals surface area contributed by atoms with Gasteiger partial charge in [0.15, 0.2) is 0 Å². The van der Waals surface area contributed by atoms with Gasteiger partial charge >= 0.3 is 0 Å². The highest BCUT2D eigenvalue weighted by Gasteiger charge is 2.27. The molecule has 116 valence electrons. The molecular weight excluding hydrogens is 272 g/mol. The zero-order valence-electron chi connectivity index (χ0n) is 13.1. The standard InChI is InChI=1S/C18H24N4/c1-2-7-18-17(6-1)20-14-22(18)16-9-12-21(13-16)11-8-15-5-3-4-10-19-15/h3-5,10,14,16H,1-2,6-9,11-13H2/t16-/m0/s1. The molecule has 22 heavy (non-hydrogen) atoms. The average molecular weight is 296 g/mol. The van der Waals surface area contributed by atoms with Gasteiger partial charge in [-0.15, -0.1) is 0 Å². The summed E-state index contributed by atoms with van der Waals surface area (Å²) < 4.78 is 2.48. The van der Waals surface area contributed by atoms with Crippen LogP contribution >= 0.6 is 0 Å². The fourth-order valence-electron chi connectivity index (χ4n) is 3.87. The highest BCUT2D eigenvalue weighted by atomic mass is 15.2. The lowest BCUT2D eigenvalue weighted by atomic mass is 10.0. The Bertz CT molecular complexity index is 619. The van der Waals surface area contributed by atoms with Crippen molar-refractivity contribution in [1.29, 1.82) is 0 Å². The summed E-state index contributed by atoms with van der Waals surface area (Å²) in [5.41, 5.74) is 4.08. The second-order valence-corrected chi connectivity index (χ2v) is 6.57. The van der Waals surface area contributed by atoms with E-state index in [9.17, 15) is 0 Å². The zero-order chi connectivity index (χ0) is 14.8. The van der Waals surface area contributed by atoms with Crippen LogP contribution in [0, 0.1) is 0 Å². The molecule has 0 saturated carbocycles. The molecule has 4 nitrogen and oxygen atoms in total. The van der Waals surface area contributed by atoms with Gasteiger partial charge in [-0.2, -0.15) is 0 Å². The Morgan fingerprint density at radius 3 is 3.00 bits per heavy atom. The van der Waals surface area contributed by atoms with Crippen molar-refractivity contribution in [1.82, 2.24) is 19.4 Å². The van der Waals surface area contributed by atoms with E-state index >= 15 is 0 Å². The molecule has 0 amide bonds.